The molecule has 1 aromatic carbocycles. The maximum absolute atomic E-state index is 12.4. The van der Waals surface area contributed by atoms with E-state index in [1.54, 1.807) is 7.11 Å². The van der Waals surface area contributed by atoms with E-state index >= 15 is 0 Å². The van der Waals surface area contributed by atoms with Crippen molar-refractivity contribution in [2.75, 3.05) is 20.8 Å². The molecule has 1 amide bonds. The van der Waals surface area contributed by atoms with Crippen molar-refractivity contribution in [1.29, 1.82) is 0 Å². The summed E-state index contributed by atoms with van der Waals surface area (Å²) in [5.74, 6) is 5.08. The predicted molar refractivity (Wildman–Crippen MR) is 135 cm³/mol. The standard InChI is InChI=1S/C30H45NO3/c1-20(18-34-19-21-7-6-8-22(17-21)33-5)24-10-11-25-23-9-12-27-30(3,16-14-28(32)31(27)4)26(23)13-15-29(24,25)2/h6-8,17,20,23-27H,9-16,18-19H2,1-5H3/t20?,23-,24+,25-,26-,27?,29+,30+/m0/s1. The second kappa shape index (κ2) is 9.15. The number of carbonyl (C=O) groups is 1. The van der Waals surface area contributed by atoms with Gasteiger partial charge in [0, 0.05) is 26.1 Å². The number of fused-ring (bicyclic) bond motifs is 5. The SMILES string of the molecule is COc1cccc(COCC(C)[C@H]2CC[C@H]3[C@@H]4CCC5N(C)C(=O)CC[C@]5(C)[C@H]4CC[C@]23C)c1. The summed E-state index contributed by atoms with van der Waals surface area (Å²) in [6, 6.07) is 8.68. The molecule has 0 spiro atoms. The van der Waals surface area contributed by atoms with Crippen LogP contribution in [-0.2, 0) is 16.1 Å². The molecule has 8 atom stereocenters. The molecular weight excluding hydrogens is 422 g/mol. The molecule has 2 unspecified atom stereocenters. The number of ether oxygens (including phenoxy) is 2. The van der Waals surface area contributed by atoms with Gasteiger partial charge in [0.1, 0.15) is 5.75 Å². The Morgan fingerprint density at radius 2 is 1.85 bits per heavy atom. The number of rotatable bonds is 6. The summed E-state index contributed by atoms with van der Waals surface area (Å²) in [4.78, 5) is 14.5. The lowest BCUT2D eigenvalue weighted by atomic mass is 9.46. The van der Waals surface area contributed by atoms with E-state index in [1.807, 2.05) is 12.1 Å². The van der Waals surface area contributed by atoms with Crippen molar-refractivity contribution in [3.63, 3.8) is 0 Å². The zero-order valence-corrected chi connectivity index (χ0v) is 22.0. The number of nitrogens with zero attached hydrogens (tertiary/aromatic N) is 1. The molecule has 1 aliphatic heterocycles. The predicted octanol–water partition coefficient (Wildman–Crippen LogP) is 6.33. The van der Waals surface area contributed by atoms with Crippen LogP contribution in [0.3, 0.4) is 0 Å². The number of carbonyl (C=O) groups excluding carboxylic acids is 1. The van der Waals surface area contributed by atoms with Crippen molar-refractivity contribution in [2.45, 2.75) is 84.8 Å². The molecule has 3 saturated carbocycles. The Bertz CT molecular complexity index is 901. The van der Waals surface area contributed by atoms with Gasteiger partial charge in [-0.25, -0.2) is 0 Å². The number of hydrogen-bond donors (Lipinski definition) is 0. The van der Waals surface area contributed by atoms with Crippen LogP contribution in [-0.4, -0.2) is 37.6 Å². The van der Waals surface area contributed by atoms with Crippen molar-refractivity contribution in [3.05, 3.63) is 29.8 Å². The van der Waals surface area contributed by atoms with Gasteiger partial charge in [-0.2, -0.15) is 0 Å². The van der Waals surface area contributed by atoms with Crippen LogP contribution in [0.1, 0.15) is 77.7 Å². The number of methoxy groups -OCH3 is 1. The molecule has 4 fully saturated rings. The van der Waals surface area contributed by atoms with Gasteiger partial charge in [-0.3, -0.25) is 4.79 Å². The van der Waals surface area contributed by atoms with Gasteiger partial charge in [0.15, 0.2) is 0 Å². The normalized spacial score (nSPS) is 40.3. The zero-order valence-electron chi connectivity index (χ0n) is 22.0. The fourth-order valence-corrected chi connectivity index (χ4v) is 9.37. The Morgan fingerprint density at radius 1 is 1.06 bits per heavy atom. The Kier molecular flexibility index (Phi) is 6.50. The van der Waals surface area contributed by atoms with Gasteiger partial charge in [0.05, 0.1) is 13.7 Å². The maximum Gasteiger partial charge on any atom is 0.222 e. The highest BCUT2D eigenvalue weighted by atomic mass is 16.5. The van der Waals surface area contributed by atoms with Gasteiger partial charge in [0.25, 0.3) is 0 Å². The molecule has 0 aromatic heterocycles. The third-order valence-corrected chi connectivity index (χ3v) is 11.1. The number of hydrogen-bond acceptors (Lipinski definition) is 3. The van der Waals surface area contributed by atoms with E-state index in [2.05, 4.69) is 44.9 Å². The minimum Gasteiger partial charge on any atom is -0.497 e. The van der Waals surface area contributed by atoms with Crippen molar-refractivity contribution in [3.8, 4) is 5.75 Å². The smallest absolute Gasteiger partial charge is 0.222 e. The molecule has 188 valence electrons. The maximum atomic E-state index is 12.4. The van der Waals surface area contributed by atoms with E-state index in [0.29, 0.717) is 35.3 Å². The molecule has 4 heteroatoms. The number of amides is 1. The average Bonchev–Trinajstić information content (AvgIpc) is 3.19. The van der Waals surface area contributed by atoms with Crippen LogP contribution < -0.4 is 4.74 Å². The Morgan fingerprint density at radius 3 is 2.65 bits per heavy atom. The largest absolute Gasteiger partial charge is 0.497 e. The minimum absolute atomic E-state index is 0.316. The quantitative estimate of drug-likeness (QED) is 0.491. The van der Waals surface area contributed by atoms with E-state index < -0.39 is 0 Å². The van der Waals surface area contributed by atoms with Crippen molar-refractivity contribution < 1.29 is 14.3 Å². The number of likely N-dealkylation sites (tertiary alicyclic amines) is 1. The van der Waals surface area contributed by atoms with Gasteiger partial charge in [0.2, 0.25) is 5.91 Å². The van der Waals surface area contributed by atoms with Crippen molar-refractivity contribution >= 4 is 5.91 Å². The summed E-state index contributed by atoms with van der Waals surface area (Å²) < 4.78 is 11.6. The van der Waals surface area contributed by atoms with Gasteiger partial charge < -0.3 is 14.4 Å². The first-order chi connectivity index (χ1) is 16.3. The van der Waals surface area contributed by atoms with E-state index in [9.17, 15) is 4.79 Å². The summed E-state index contributed by atoms with van der Waals surface area (Å²) in [5, 5.41) is 0. The summed E-state index contributed by atoms with van der Waals surface area (Å²) in [6.07, 6.45) is 9.81. The second-order valence-corrected chi connectivity index (χ2v) is 12.6. The van der Waals surface area contributed by atoms with Crippen LogP contribution in [0.2, 0.25) is 0 Å². The highest BCUT2D eigenvalue weighted by Crippen LogP contribution is 2.67. The molecule has 4 nitrogen and oxygen atoms in total. The first-order valence-corrected chi connectivity index (χ1v) is 13.7. The lowest BCUT2D eigenvalue weighted by molar-refractivity contribution is -0.159. The molecule has 0 radical (unpaired) electrons. The third kappa shape index (κ3) is 3.88. The molecule has 5 rings (SSSR count). The molecule has 1 aromatic rings. The molecule has 3 aliphatic carbocycles. The van der Waals surface area contributed by atoms with Gasteiger partial charge in [-0.1, -0.05) is 32.9 Å². The Hall–Kier alpha value is -1.55. The van der Waals surface area contributed by atoms with Crippen LogP contribution in [0.25, 0.3) is 0 Å². The first-order valence-electron chi connectivity index (χ1n) is 13.7. The fraction of sp³-hybridized carbons (Fsp3) is 0.767. The zero-order chi connectivity index (χ0) is 24.1. The van der Waals surface area contributed by atoms with Gasteiger partial charge in [-0.05, 0) is 103 Å². The van der Waals surface area contributed by atoms with Crippen molar-refractivity contribution in [1.82, 2.24) is 4.90 Å². The minimum atomic E-state index is 0.316. The van der Waals surface area contributed by atoms with Crippen LogP contribution in [0.15, 0.2) is 24.3 Å². The molecule has 4 aliphatic rings. The molecule has 1 saturated heterocycles. The summed E-state index contributed by atoms with van der Waals surface area (Å²) >= 11 is 0. The molecule has 0 N–H and O–H groups in total. The Balaban J connectivity index is 1.24. The second-order valence-electron chi connectivity index (χ2n) is 12.6. The van der Waals surface area contributed by atoms with E-state index in [1.165, 1.54) is 44.1 Å². The third-order valence-electron chi connectivity index (χ3n) is 11.1. The fourth-order valence-electron chi connectivity index (χ4n) is 9.37. The van der Waals surface area contributed by atoms with E-state index in [-0.39, 0.29) is 0 Å². The first kappa shape index (κ1) is 24.2. The van der Waals surface area contributed by atoms with Crippen LogP contribution in [0.5, 0.6) is 5.75 Å². The van der Waals surface area contributed by atoms with Crippen molar-refractivity contribution in [2.24, 2.45) is 40.4 Å². The van der Waals surface area contributed by atoms with E-state index in [4.69, 9.17) is 9.47 Å². The summed E-state index contributed by atoms with van der Waals surface area (Å²) in [7, 11) is 3.78. The summed E-state index contributed by atoms with van der Waals surface area (Å²) in [6.45, 7) is 9.07. The molecule has 0 bridgehead atoms. The lowest BCUT2D eigenvalue weighted by Gasteiger charge is -2.62. The molecule has 34 heavy (non-hydrogen) atoms. The molecule has 1 heterocycles. The highest BCUT2D eigenvalue weighted by molar-refractivity contribution is 5.77. The van der Waals surface area contributed by atoms with Gasteiger partial charge >= 0.3 is 0 Å². The van der Waals surface area contributed by atoms with E-state index in [0.717, 1.165) is 48.9 Å². The lowest BCUT2D eigenvalue weighted by Crippen LogP contribution is -2.61. The Labute approximate surface area is 206 Å². The highest BCUT2D eigenvalue weighted by Gasteiger charge is 2.61. The molecular formula is C30H45NO3. The average molecular weight is 468 g/mol. The monoisotopic (exact) mass is 467 g/mol. The van der Waals surface area contributed by atoms with Crippen LogP contribution >= 0.6 is 0 Å². The van der Waals surface area contributed by atoms with Crippen LogP contribution in [0, 0.1) is 40.4 Å². The van der Waals surface area contributed by atoms with Crippen LogP contribution in [0.4, 0.5) is 0 Å². The number of piperidine rings is 1. The topological polar surface area (TPSA) is 38.8 Å². The summed E-state index contributed by atoms with van der Waals surface area (Å²) in [5.41, 5.74) is 1.94. The van der Waals surface area contributed by atoms with Gasteiger partial charge in [-0.15, -0.1) is 0 Å². The number of benzene rings is 1.